The van der Waals surface area contributed by atoms with E-state index in [0.29, 0.717) is 19.4 Å². The largest absolute Gasteiger partial charge is 0.416 e. The molecule has 0 bridgehead atoms. The number of amides is 2. The maximum atomic E-state index is 13.0. The van der Waals surface area contributed by atoms with Crippen LogP contribution in [-0.4, -0.2) is 29.4 Å². The predicted molar refractivity (Wildman–Crippen MR) is 115 cm³/mol. The highest BCUT2D eigenvalue weighted by molar-refractivity contribution is 6.33. The van der Waals surface area contributed by atoms with Crippen molar-refractivity contribution in [1.82, 2.24) is 10.3 Å². The molecule has 0 radical (unpaired) electrons. The molecule has 1 saturated carbocycles. The number of halogens is 4. The van der Waals surface area contributed by atoms with Gasteiger partial charge in [-0.1, -0.05) is 11.6 Å². The van der Waals surface area contributed by atoms with Crippen LogP contribution in [-0.2, 0) is 11.0 Å². The molecule has 0 spiro atoms. The number of hydrogen-bond donors (Lipinski definition) is 1. The molecule has 1 unspecified atom stereocenters. The molecule has 1 aromatic heterocycles. The summed E-state index contributed by atoms with van der Waals surface area (Å²) in [6.07, 6.45) is 0.117. The van der Waals surface area contributed by atoms with Crippen LogP contribution < -0.4 is 10.2 Å². The molecule has 4 rings (SSSR count). The average Bonchev–Trinajstić information content (AvgIpc) is 2.99. The smallest absolute Gasteiger partial charge is 0.349 e. The van der Waals surface area contributed by atoms with Crippen LogP contribution in [0.5, 0.6) is 0 Å². The minimum atomic E-state index is -4.55. The van der Waals surface area contributed by atoms with Crippen molar-refractivity contribution in [3.8, 4) is 0 Å². The van der Waals surface area contributed by atoms with Gasteiger partial charge in [0.15, 0.2) is 0 Å². The van der Waals surface area contributed by atoms with E-state index < -0.39 is 17.6 Å². The SMILES string of the molecule is CC1C(=O)N(CC2CCC(NC(=O)c3cc(C(F)(F)F)ccc3Cl)CC2)c2cccnc21. The van der Waals surface area contributed by atoms with Gasteiger partial charge in [-0.15, -0.1) is 0 Å². The normalized spacial score (nSPS) is 23.2. The highest BCUT2D eigenvalue weighted by atomic mass is 35.5. The summed E-state index contributed by atoms with van der Waals surface area (Å²) < 4.78 is 38.9. The number of carbonyl (C=O) groups excluding carboxylic acids is 2. The Labute approximate surface area is 189 Å². The molecule has 1 aromatic carbocycles. The first-order chi connectivity index (χ1) is 15.1. The van der Waals surface area contributed by atoms with Crippen LogP contribution >= 0.6 is 11.6 Å². The summed E-state index contributed by atoms with van der Waals surface area (Å²) in [6, 6.07) is 6.33. The molecule has 1 atom stereocenters. The first kappa shape index (κ1) is 22.6. The first-order valence-corrected chi connectivity index (χ1v) is 11.0. The maximum absolute atomic E-state index is 13.0. The third-order valence-corrected chi connectivity index (χ3v) is 6.64. The van der Waals surface area contributed by atoms with E-state index in [-0.39, 0.29) is 34.4 Å². The summed E-state index contributed by atoms with van der Waals surface area (Å²) in [4.78, 5) is 31.4. The lowest BCUT2D eigenvalue weighted by atomic mass is 9.85. The lowest BCUT2D eigenvalue weighted by Crippen LogP contribution is -2.40. The van der Waals surface area contributed by atoms with Crippen LogP contribution in [0.3, 0.4) is 0 Å². The fraction of sp³-hybridized carbons (Fsp3) is 0.435. The zero-order valence-corrected chi connectivity index (χ0v) is 18.2. The van der Waals surface area contributed by atoms with E-state index in [2.05, 4.69) is 10.3 Å². The topological polar surface area (TPSA) is 62.3 Å². The number of nitrogens with one attached hydrogen (secondary N) is 1. The van der Waals surface area contributed by atoms with E-state index in [9.17, 15) is 22.8 Å². The molecule has 2 heterocycles. The second-order valence-electron chi connectivity index (χ2n) is 8.46. The number of nitrogens with zero attached hydrogens (tertiary/aromatic N) is 2. The molecule has 9 heteroatoms. The summed E-state index contributed by atoms with van der Waals surface area (Å²) in [7, 11) is 0. The molecular weight excluding hydrogens is 443 g/mol. The van der Waals surface area contributed by atoms with E-state index in [0.717, 1.165) is 42.4 Å². The number of alkyl halides is 3. The van der Waals surface area contributed by atoms with Crippen molar-refractivity contribution >= 4 is 29.1 Å². The number of rotatable bonds is 4. The van der Waals surface area contributed by atoms with Gasteiger partial charge in [-0.05, 0) is 68.9 Å². The van der Waals surface area contributed by atoms with Crippen molar-refractivity contribution < 1.29 is 22.8 Å². The number of carbonyl (C=O) groups is 2. The summed E-state index contributed by atoms with van der Waals surface area (Å²) >= 11 is 5.97. The van der Waals surface area contributed by atoms with E-state index >= 15 is 0 Å². The molecular formula is C23H23ClF3N3O2. The van der Waals surface area contributed by atoms with E-state index in [1.807, 2.05) is 19.1 Å². The van der Waals surface area contributed by atoms with Crippen molar-refractivity contribution in [3.63, 3.8) is 0 Å². The summed E-state index contributed by atoms with van der Waals surface area (Å²) in [5.74, 6) is -0.525. The first-order valence-electron chi connectivity index (χ1n) is 10.6. The fourth-order valence-electron chi connectivity index (χ4n) is 4.51. The van der Waals surface area contributed by atoms with Crippen LogP contribution in [0.15, 0.2) is 36.5 Å². The van der Waals surface area contributed by atoms with Crippen LogP contribution in [0.25, 0.3) is 0 Å². The number of hydrogen-bond acceptors (Lipinski definition) is 3. The Bertz CT molecular complexity index is 1040. The molecule has 2 aliphatic rings. The minimum absolute atomic E-state index is 0.0156. The van der Waals surface area contributed by atoms with Crippen LogP contribution in [0.1, 0.15) is 60.1 Å². The van der Waals surface area contributed by atoms with Gasteiger partial charge in [-0.2, -0.15) is 13.2 Å². The van der Waals surface area contributed by atoms with E-state index in [1.54, 1.807) is 11.1 Å². The molecule has 170 valence electrons. The third kappa shape index (κ3) is 4.46. The third-order valence-electron chi connectivity index (χ3n) is 6.31. The molecule has 1 fully saturated rings. The van der Waals surface area contributed by atoms with Crippen molar-refractivity contribution in [3.05, 3.63) is 58.4 Å². The van der Waals surface area contributed by atoms with Crippen LogP contribution in [0.2, 0.25) is 5.02 Å². The van der Waals surface area contributed by atoms with Crippen molar-refractivity contribution in [2.24, 2.45) is 5.92 Å². The van der Waals surface area contributed by atoms with Gasteiger partial charge >= 0.3 is 6.18 Å². The molecule has 1 aliphatic heterocycles. The molecule has 2 aromatic rings. The number of anilines is 1. The van der Waals surface area contributed by atoms with Crippen LogP contribution in [0.4, 0.5) is 18.9 Å². The Morgan fingerprint density at radius 3 is 2.62 bits per heavy atom. The van der Waals surface area contributed by atoms with Gasteiger partial charge in [-0.3, -0.25) is 14.6 Å². The number of benzene rings is 1. The van der Waals surface area contributed by atoms with Gasteiger partial charge in [0, 0.05) is 18.8 Å². The fourth-order valence-corrected chi connectivity index (χ4v) is 4.72. The summed E-state index contributed by atoms with van der Waals surface area (Å²) in [5.41, 5.74) is 0.579. The Kier molecular flexibility index (Phi) is 6.16. The lowest BCUT2D eigenvalue weighted by molar-refractivity contribution is -0.137. The zero-order chi connectivity index (χ0) is 23.0. The Hall–Kier alpha value is -2.61. The summed E-state index contributed by atoms with van der Waals surface area (Å²) in [5, 5.41) is 2.80. The quantitative estimate of drug-likeness (QED) is 0.675. The maximum Gasteiger partial charge on any atom is 0.416 e. The van der Waals surface area contributed by atoms with Gasteiger partial charge in [-0.25, -0.2) is 0 Å². The van der Waals surface area contributed by atoms with Gasteiger partial charge < -0.3 is 10.2 Å². The second-order valence-corrected chi connectivity index (χ2v) is 8.87. The molecule has 2 amide bonds. The number of fused-ring (bicyclic) bond motifs is 1. The zero-order valence-electron chi connectivity index (χ0n) is 17.5. The molecule has 5 nitrogen and oxygen atoms in total. The number of pyridine rings is 1. The minimum Gasteiger partial charge on any atom is -0.349 e. The molecule has 1 aliphatic carbocycles. The van der Waals surface area contributed by atoms with Crippen molar-refractivity contribution in [2.45, 2.75) is 50.7 Å². The van der Waals surface area contributed by atoms with Gasteiger partial charge in [0.25, 0.3) is 5.91 Å². The Balaban J connectivity index is 1.35. The Morgan fingerprint density at radius 1 is 1.22 bits per heavy atom. The van der Waals surface area contributed by atoms with Crippen LogP contribution in [0, 0.1) is 5.92 Å². The standard InChI is InChI=1S/C23H23ClF3N3O2/c1-13-20-19(3-2-10-28-20)30(22(13)32)12-14-4-7-16(8-5-14)29-21(31)17-11-15(23(25,26)27)6-9-18(17)24/h2-3,6,9-11,13-14,16H,4-5,7-8,12H2,1H3,(H,29,31). The van der Waals surface area contributed by atoms with Crippen molar-refractivity contribution in [1.29, 1.82) is 0 Å². The lowest BCUT2D eigenvalue weighted by Gasteiger charge is -2.32. The Morgan fingerprint density at radius 2 is 1.94 bits per heavy atom. The average molecular weight is 466 g/mol. The predicted octanol–water partition coefficient (Wildman–Crippen LogP) is 5.19. The van der Waals surface area contributed by atoms with Crippen molar-refractivity contribution in [2.75, 3.05) is 11.4 Å². The van der Waals surface area contributed by atoms with Gasteiger partial charge in [0.1, 0.15) is 0 Å². The highest BCUT2D eigenvalue weighted by Crippen LogP contribution is 2.37. The van der Waals surface area contributed by atoms with Gasteiger partial charge in [0.2, 0.25) is 5.91 Å². The van der Waals surface area contributed by atoms with E-state index in [4.69, 9.17) is 11.6 Å². The number of aromatic nitrogens is 1. The van der Waals surface area contributed by atoms with E-state index in [1.165, 1.54) is 0 Å². The molecule has 0 saturated heterocycles. The van der Waals surface area contributed by atoms with Gasteiger partial charge in [0.05, 0.1) is 33.4 Å². The molecule has 1 N–H and O–H groups in total. The monoisotopic (exact) mass is 465 g/mol. The second kappa shape index (κ2) is 8.73. The molecule has 32 heavy (non-hydrogen) atoms. The highest BCUT2D eigenvalue weighted by Gasteiger charge is 2.37. The summed E-state index contributed by atoms with van der Waals surface area (Å²) in [6.45, 7) is 2.46.